The fraction of sp³-hybridized carbons (Fsp3) is 0.263. The summed E-state index contributed by atoms with van der Waals surface area (Å²) >= 11 is 5.91. The first-order chi connectivity index (χ1) is 12.8. The molecule has 1 aromatic heterocycles. The topological polar surface area (TPSA) is 49.0 Å². The lowest BCUT2D eigenvalue weighted by Gasteiger charge is -2.28. The minimum absolute atomic E-state index is 0.260. The number of alkyl halides is 3. The molecule has 8 heteroatoms. The van der Waals surface area contributed by atoms with Crippen molar-refractivity contribution in [2.75, 3.05) is 6.54 Å². The van der Waals surface area contributed by atoms with Gasteiger partial charge >= 0.3 is 6.18 Å². The van der Waals surface area contributed by atoms with Crippen LogP contribution in [0.3, 0.4) is 0 Å². The van der Waals surface area contributed by atoms with Gasteiger partial charge in [0.1, 0.15) is 5.82 Å². The zero-order valence-corrected chi connectivity index (χ0v) is 14.9. The minimum Gasteiger partial charge on any atom is -0.309 e. The summed E-state index contributed by atoms with van der Waals surface area (Å²) in [5.74, 6) is 0.519. The van der Waals surface area contributed by atoms with Crippen LogP contribution in [0.5, 0.6) is 0 Å². The van der Waals surface area contributed by atoms with E-state index >= 15 is 0 Å². The smallest absolute Gasteiger partial charge is 0.309 e. The van der Waals surface area contributed by atoms with Gasteiger partial charge in [-0.1, -0.05) is 17.7 Å². The second-order valence-electron chi connectivity index (χ2n) is 6.62. The third kappa shape index (κ3) is 3.70. The van der Waals surface area contributed by atoms with E-state index in [1.54, 1.807) is 18.2 Å². The van der Waals surface area contributed by atoms with Crippen molar-refractivity contribution < 1.29 is 13.2 Å². The van der Waals surface area contributed by atoms with E-state index < -0.39 is 11.7 Å². The highest BCUT2D eigenvalue weighted by molar-refractivity contribution is 6.31. The molecule has 140 valence electrons. The Bertz CT molecular complexity index is 1080. The molecule has 0 saturated carbocycles. The fourth-order valence-electron chi connectivity index (χ4n) is 3.37. The molecule has 27 heavy (non-hydrogen) atoms. The Morgan fingerprint density at radius 3 is 2.74 bits per heavy atom. The molecule has 4 nitrogen and oxygen atoms in total. The third-order valence-corrected chi connectivity index (χ3v) is 4.95. The van der Waals surface area contributed by atoms with Crippen LogP contribution in [0.25, 0.3) is 10.9 Å². The number of halogens is 4. The lowest BCUT2D eigenvalue weighted by Crippen LogP contribution is -2.31. The molecule has 0 spiro atoms. The summed E-state index contributed by atoms with van der Waals surface area (Å²) in [5.41, 5.74) is 1.27. The highest BCUT2D eigenvalue weighted by atomic mass is 35.5. The summed E-state index contributed by atoms with van der Waals surface area (Å²) < 4.78 is 38.6. The van der Waals surface area contributed by atoms with E-state index in [4.69, 9.17) is 11.6 Å². The largest absolute Gasteiger partial charge is 0.416 e. The number of aromatic amines is 1. The van der Waals surface area contributed by atoms with E-state index in [0.717, 1.165) is 17.2 Å². The molecule has 0 unspecified atom stereocenters. The molecular formula is C19H15ClF3N3O. The molecule has 1 aliphatic rings. The van der Waals surface area contributed by atoms with Crippen molar-refractivity contribution in [2.24, 2.45) is 0 Å². The number of aromatic nitrogens is 2. The summed E-state index contributed by atoms with van der Waals surface area (Å²) in [7, 11) is 0. The number of hydrogen-bond donors (Lipinski definition) is 1. The van der Waals surface area contributed by atoms with E-state index in [1.807, 2.05) is 0 Å². The van der Waals surface area contributed by atoms with Crippen LogP contribution in [0.4, 0.5) is 13.2 Å². The average molecular weight is 394 g/mol. The van der Waals surface area contributed by atoms with Crippen molar-refractivity contribution in [3.8, 4) is 0 Å². The van der Waals surface area contributed by atoms with Gasteiger partial charge in [0.25, 0.3) is 5.56 Å². The van der Waals surface area contributed by atoms with E-state index in [0.29, 0.717) is 47.8 Å². The number of benzene rings is 2. The summed E-state index contributed by atoms with van der Waals surface area (Å²) in [5, 5.41) is 0.892. The summed E-state index contributed by atoms with van der Waals surface area (Å²) in [6, 6.07) is 8.82. The van der Waals surface area contributed by atoms with Crippen molar-refractivity contribution in [3.63, 3.8) is 0 Å². The van der Waals surface area contributed by atoms with Gasteiger partial charge in [-0.05, 0) is 47.9 Å². The minimum atomic E-state index is -4.33. The molecule has 0 radical (unpaired) electrons. The van der Waals surface area contributed by atoms with Crippen molar-refractivity contribution in [2.45, 2.75) is 25.7 Å². The van der Waals surface area contributed by atoms with Crippen LogP contribution < -0.4 is 5.56 Å². The summed E-state index contributed by atoms with van der Waals surface area (Å²) in [6.07, 6.45) is -3.81. The zero-order chi connectivity index (χ0) is 19.2. The molecule has 3 aromatic rings. The van der Waals surface area contributed by atoms with Crippen LogP contribution in [0.1, 0.15) is 22.5 Å². The van der Waals surface area contributed by atoms with Crippen LogP contribution in [-0.4, -0.2) is 21.4 Å². The number of rotatable bonds is 2. The van der Waals surface area contributed by atoms with Crippen molar-refractivity contribution in [3.05, 3.63) is 74.3 Å². The van der Waals surface area contributed by atoms with Gasteiger partial charge in [0, 0.05) is 18.1 Å². The Balaban J connectivity index is 1.56. The van der Waals surface area contributed by atoms with Crippen molar-refractivity contribution in [1.29, 1.82) is 0 Å². The first-order valence-corrected chi connectivity index (χ1v) is 8.77. The molecule has 2 aromatic carbocycles. The van der Waals surface area contributed by atoms with Gasteiger partial charge in [0.2, 0.25) is 0 Å². The van der Waals surface area contributed by atoms with Crippen LogP contribution >= 0.6 is 11.6 Å². The zero-order valence-electron chi connectivity index (χ0n) is 14.1. The Kier molecular flexibility index (Phi) is 4.44. The van der Waals surface area contributed by atoms with Gasteiger partial charge < -0.3 is 4.98 Å². The predicted octanol–water partition coefficient (Wildman–Crippen LogP) is 4.15. The third-order valence-electron chi connectivity index (χ3n) is 4.71. The predicted molar refractivity (Wildman–Crippen MR) is 96.6 cm³/mol. The molecule has 0 amide bonds. The molecule has 0 fully saturated rings. The maximum atomic E-state index is 12.9. The fourth-order valence-corrected chi connectivity index (χ4v) is 3.54. The second kappa shape index (κ2) is 6.65. The number of H-pyrrole nitrogens is 1. The molecule has 1 aliphatic heterocycles. The Morgan fingerprint density at radius 1 is 1.15 bits per heavy atom. The van der Waals surface area contributed by atoms with Crippen molar-refractivity contribution >= 4 is 22.5 Å². The number of hydrogen-bond acceptors (Lipinski definition) is 3. The maximum Gasteiger partial charge on any atom is 0.416 e. The van der Waals surface area contributed by atoms with Crippen LogP contribution in [0.2, 0.25) is 5.02 Å². The Morgan fingerprint density at radius 2 is 1.96 bits per heavy atom. The maximum absolute atomic E-state index is 12.9. The highest BCUT2D eigenvalue weighted by Crippen LogP contribution is 2.32. The monoisotopic (exact) mass is 393 g/mol. The Hall–Kier alpha value is -2.38. The lowest BCUT2D eigenvalue weighted by atomic mass is 9.97. The van der Waals surface area contributed by atoms with Crippen LogP contribution in [0.15, 0.2) is 41.2 Å². The quantitative estimate of drug-likeness (QED) is 0.711. The molecule has 0 aliphatic carbocycles. The van der Waals surface area contributed by atoms with E-state index in [-0.39, 0.29) is 5.56 Å². The molecule has 0 saturated heterocycles. The van der Waals surface area contributed by atoms with Gasteiger partial charge in [-0.25, -0.2) is 4.98 Å². The molecule has 2 heterocycles. The molecule has 1 N–H and O–H groups in total. The first kappa shape index (κ1) is 18.0. The number of nitrogens with zero attached hydrogens (tertiary/aromatic N) is 2. The second-order valence-corrected chi connectivity index (χ2v) is 7.05. The average Bonchev–Trinajstić information content (AvgIpc) is 2.61. The van der Waals surface area contributed by atoms with Gasteiger partial charge in [0.05, 0.1) is 23.0 Å². The van der Waals surface area contributed by atoms with E-state index in [1.165, 1.54) is 12.1 Å². The SMILES string of the molecule is O=c1[nH]c(CN2CCc3cc(C(F)(F)F)ccc3C2)nc2ccc(Cl)cc12. The Labute approximate surface area is 157 Å². The molecule has 0 bridgehead atoms. The lowest BCUT2D eigenvalue weighted by molar-refractivity contribution is -0.137. The molecule has 0 atom stereocenters. The van der Waals surface area contributed by atoms with E-state index in [9.17, 15) is 18.0 Å². The van der Waals surface area contributed by atoms with Crippen molar-refractivity contribution in [1.82, 2.24) is 14.9 Å². The van der Waals surface area contributed by atoms with Gasteiger partial charge in [-0.15, -0.1) is 0 Å². The van der Waals surface area contributed by atoms with Gasteiger partial charge in [0.15, 0.2) is 0 Å². The van der Waals surface area contributed by atoms with Crippen LogP contribution in [-0.2, 0) is 25.7 Å². The standard InChI is InChI=1S/C19H15ClF3N3O/c20-14-3-4-16-15(8-14)18(27)25-17(24-16)10-26-6-5-11-7-13(19(21,22)23)2-1-12(11)9-26/h1-4,7-8H,5-6,9-10H2,(H,24,25,27). The summed E-state index contributed by atoms with van der Waals surface area (Å²) in [6.45, 7) is 1.51. The number of fused-ring (bicyclic) bond motifs is 2. The highest BCUT2D eigenvalue weighted by Gasteiger charge is 2.31. The normalized spacial score (nSPS) is 15.1. The molecular weight excluding hydrogens is 379 g/mol. The molecule has 4 rings (SSSR count). The van der Waals surface area contributed by atoms with Gasteiger partial charge in [-0.2, -0.15) is 13.2 Å². The summed E-state index contributed by atoms with van der Waals surface area (Å²) in [4.78, 5) is 21.5. The van der Waals surface area contributed by atoms with Gasteiger partial charge in [-0.3, -0.25) is 9.69 Å². The number of nitrogens with one attached hydrogen (secondary N) is 1. The van der Waals surface area contributed by atoms with E-state index in [2.05, 4.69) is 14.9 Å². The first-order valence-electron chi connectivity index (χ1n) is 8.39. The van der Waals surface area contributed by atoms with Crippen LogP contribution in [0, 0.1) is 0 Å².